The molecule has 6 heteroatoms. The predicted molar refractivity (Wildman–Crippen MR) is 83.9 cm³/mol. The summed E-state index contributed by atoms with van der Waals surface area (Å²) < 4.78 is 22.3. The standard InChI is InChI=1S/C17H22N2O4/c1-4-20-11(3)16-18-17(23-19-16)13-8-12-9-14(21-5-2)6-7-15(12)22-10-13/h6-7,9,11,13H,4-5,8,10H2,1-3H3/t11-,13-/m1/s1. The number of nitrogens with zero attached hydrogens (tertiary/aromatic N) is 2. The third kappa shape index (κ3) is 3.47. The van der Waals surface area contributed by atoms with Crippen LogP contribution in [0.25, 0.3) is 0 Å². The van der Waals surface area contributed by atoms with Crippen molar-refractivity contribution in [3.63, 3.8) is 0 Å². The van der Waals surface area contributed by atoms with Gasteiger partial charge in [-0.2, -0.15) is 4.98 Å². The average Bonchev–Trinajstić information content (AvgIpc) is 3.05. The second-order valence-corrected chi connectivity index (χ2v) is 5.50. The molecule has 6 nitrogen and oxygen atoms in total. The van der Waals surface area contributed by atoms with Crippen molar-refractivity contribution in [2.45, 2.75) is 39.2 Å². The molecular weight excluding hydrogens is 296 g/mol. The molecule has 2 aromatic rings. The maximum Gasteiger partial charge on any atom is 0.233 e. The van der Waals surface area contributed by atoms with Crippen LogP contribution in [0.1, 0.15) is 50.1 Å². The van der Waals surface area contributed by atoms with Gasteiger partial charge in [0.05, 0.1) is 12.5 Å². The number of benzene rings is 1. The SMILES string of the molecule is CCOc1ccc2c(c1)C[C@@H](c1nc([C@@H](C)OCC)no1)CO2. The Bertz CT molecular complexity index is 656. The highest BCUT2D eigenvalue weighted by Gasteiger charge is 2.27. The van der Waals surface area contributed by atoms with Crippen LogP contribution in [0.2, 0.25) is 0 Å². The van der Waals surface area contributed by atoms with Crippen molar-refractivity contribution < 1.29 is 18.7 Å². The predicted octanol–water partition coefficient (Wildman–Crippen LogP) is 3.28. The van der Waals surface area contributed by atoms with Gasteiger partial charge < -0.3 is 18.7 Å². The zero-order valence-electron chi connectivity index (χ0n) is 13.7. The third-order valence-corrected chi connectivity index (χ3v) is 3.84. The first-order valence-corrected chi connectivity index (χ1v) is 8.04. The largest absolute Gasteiger partial charge is 0.494 e. The zero-order valence-corrected chi connectivity index (χ0v) is 13.7. The smallest absolute Gasteiger partial charge is 0.233 e. The lowest BCUT2D eigenvalue weighted by atomic mass is 9.96. The minimum absolute atomic E-state index is 0.0504. The average molecular weight is 318 g/mol. The van der Waals surface area contributed by atoms with E-state index in [1.807, 2.05) is 39.0 Å². The quantitative estimate of drug-likeness (QED) is 0.814. The summed E-state index contributed by atoms with van der Waals surface area (Å²) in [5.74, 6) is 2.97. The maximum absolute atomic E-state index is 5.83. The normalized spacial score (nSPS) is 18.1. The van der Waals surface area contributed by atoms with Gasteiger partial charge in [-0.15, -0.1) is 0 Å². The molecule has 3 rings (SSSR count). The van der Waals surface area contributed by atoms with Gasteiger partial charge in [0, 0.05) is 6.61 Å². The molecule has 0 spiro atoms. The van der Waals surface area contributed by atoms with E-state index in [2.05, 4.69) is 10.1 Å². The summed E-state index contributed by atoms with van der Waals surface area (Å²) in [6, 6.07) is 5.90. The Morgan fingerprint density at radius 2 is 2.17 bits per heavy atom. The summed E-state index contributed by atoms with van der Waals surface area (Å²) in [6.07, 6.45) is 0.625. The summed E-state index contributed by atoms with van der Waals surface area (Å²) in [7, 11) is 0. The van der Waals surface area contributed by atoms with E-state index in [1.54, 1.807) is 0 Å². The first-order valence-electron chi connectivity index (χ1n) is 8.04. The molecule has 2 heterocycles. The summed E-state index contributed by atoms with van der Waals surface area (Å²) in [5, 5.41) is 4.02. The Hall–Kier alpha value is -2.08. The van der Waals surface area contributed by atoms with Crippen molar-refractivity contribution in [1.29, 1.82) is 0 Å². The van der Waals surface area contributed by atoms with Crippen LogP contribution in [-0.4, -0.2) is 30.0 Å². The van der Waals surface area contributed by atoms with Crippen LogP contribution < -0.4 is 9.47 Å². The molecule has 0 bridgehead atoms. The van der Waals surface area contributed by atoms with E-state index < -0.39 is 0 Å². The molecular formula is C17H22N2O4. The van der Waals surface area contributed by atoms with Gasteiger partial charge in [0.1, 0.15) is 24.2 Å². The summed E-state index contributed by atoms with van der Waals surface area (Å²) in [5.41, 5.74) is 1.10. The minimum atomic E-state index is -0.168. The lowest BCUT2D eigenvalue weighted by Gasteiger charge is -2.23. The second kappa shape index (κ2) is 7.00. The van der Waals surface area contributed by atoms with Crippen LogP contribution in [0.15, 0.2) is 22.7 Å². The van der Waals surface area contributed by atoms with E-state index in [4.69, 9.17) is 18.7 Å². The molecule has 2 atom stereocenters. The van der Waals surface area contributed by atoms with Gasteiger partial charge in [0.2, 0.25) is 5.89 Å². The number of fused-ring (bicyclic) bond motifs is 1. The van der Waals surface area contributed by atoms with Gasteiger partial charge in [-0.25, -0.2) is 0 Å². The van der Waals surface area contributed by atoms with Crippen LogP contribution in [0.5, 0.6) is 11.5 Å². The second-order valence-electron chi connectivity index (χ2n) is 5.50. The molecule has 1 aliphatic heterocycles. The Morgan fingerprint density at radius 3 is 2.96 bits per heavy atom. The molecule has 0 radical (unpaired) electrons. The molecule has 1 aliphatic rings. The van der Waals surface area contributed by atoms with Gasteiger partial charge in [-0.05, 0) is 51.0 Å². The van der Waals surface area contributed by atoms with Gasteiger partial charge in [0.15, 0.2) is 5.82 Å². The number of hydrogen-bond donors (Lipinski definition) is 0. The van der Waals surface area contributed by atoms with Crippen molar-refractivity contribution in [3.05, 3.63) is 35.5 Å². The maximum atomic E-state index is 5.83. The monoisotopic (exact) mass is 318 g/mol. The molecule has 124 valence electrons. The minimum Gasteiger partial charge on any atom is -0.494 e. The van der Waals surface area contributed by atoms with E-state index in [1.165, 1.54) is 0 Å². The van der Waals surface area contributed by atoms with E-state index in [9.17, 15) is 0 Å². The van der Waals surface area contributed by atoms with Gasteiger partial charge >= 0.3 is 0 Å². The molecule has 1 aromatic carbocycles. The molecule has 1 aromatic heterocycles. The molecule has 0 amide bonds. The number of rotatable bonds is 6. The highest BCUT2D eigenvalue weighted by molar-refractivity contribution is 5.42. The zero-order chi connectivity index (χ0) is 16.2. The van der Waals surface area contributed by atoms with Crippen molar-refractivity contribution >= 4 is 0 Å². The number of ether oxygens (including phenoxy) is 3. The molecule has 0 N–H and O–H groups in total. The topological polar surface area (TPSA) is 66.6 Å². The lowest BCUT2D eigenvalue weighted by molar-refractivity contribution is 0.0683. The molecule has 0 aliphatic carbocycles. The summed E-state index contributed by atoms with van der Waals surface area (Å²) >= 11 is 0. The summed E-state index contributed by atoms with van der Waals surface area (Å²) in [6.45, 7) is 7.62. The van der Waals surface area contributed by atoms with Gasteiger partial charge in [-0.3, -0.25) is 0 Å². The number of hydrogen-bond acceptors (Lipinski definition) is 6. The number of aromatic nitrogens is 2. The van der Waals surface area contributed by atoms with Crippen LogP contribution in [0.4, 0.5) is 0 Å². The lowest BCUT2D eigenvalue weighted by Crippen LogP contribution is -2.19. The highest BCUT2D eigenvalue weighted by atomic mass is 16.5. The van der Waals surface area contributed by atoms with Crippen LogP contribution >= 0.6 is 0 Å². The molecule has 0 saturated heterocycles. The first-order chi connectivity index (χ1) is 11.2. The Labute approximate surface area is 135 Å². The first kappa shape index (κ1) is 15.8. The van der Waals surface area contributed by atoms with Gasteiger partial charge in [0.25, 0.3) is 0 Å². The highest BCUT2D eigenvalue weighted by Crippen LogP contribution is 2.34. The van der Waals surface area contributed by atoms with Crippen molar-refractivity contribution in [3.8, 4) is 11.5 Å². The molecule has 0 saturated carbocycles. The van der Waals surface area contributed by atoms with Crippen LogP contribution in [0.3, 0.4) is 0 Å². The fourth-order valence-corrected chi connectivity index (χ4v) is 2.69. The Morgan fingerprint density at radius 1 is 1.30 bits per heavy atom. The van der Waals surface area contributed by atoms with E-state index in [0.717, 1.165) is 23.5 Å². The Kier molecular flexibility index (Phi) is 4.81. The molecule has 0 fully saturated rings. The molecule has 23 heavy (non-hydrogen) atoms. The van der Waals surface area contributed by atoms with Crippen LogP contribution in [0, 0.1) is 0 Å². The van der Waals surface area contributed by atoms with E-state index in [-0.39, 0.29) is 12.0 Å². The van der Waals surface area contributed by atoms with Crippen molar-refractivity contribution in [2.75, 3.05) is 19.8 Å². The fraction of sp³-hybridized carbons (Fsp3) is 0.529. The Balaban J connectivity index is 1.75. The van der Waals surface area contributed by atoms with Gasteiger partial charge in [-0.1, -0.05) is 5.16 Å². The van der Waals surface area contributed by atoms with Crippen molar-refractivity contribution in [2.24, 2.45) is 0 Å². The third-order valence-electron chi connectivity index (χ3n) is 3.84. The van der Waals surface area contributed by atoms with Crippen molar-refractivity contribution in [1.82, 2.24) is 10.1 Å². The van der Waals surface area contributed by atoms with Crippen LogP contribution in [-0.2, 0) is 11.2 Å². The summed E-state index contributed by atoms with van der Waals surface area (Å²) in [4.78, 5) is 4.47. The van der Waals surface area contributed by atoms with E-state index >= 15 is 0 Å². The molecule has 0 unspecified atom stereocenters. The van der Waals surface area contributed by atoms with E-state index in [0.29, 0.717) is 31.5 Å². The fourth-order valence-electron chi connectivity index (χ4n) is 2.69.